The van der Waals surface area contributed by atoms with Crippen LogP contribution < -0.4 is 5.73 Å². The highest BCUT2D eigenvalue weighted by Gasteiger charge is 2.16. The highest BCUT2D eigenvalue weighted by atomic mass is 35.5. The molecule has 0 heterocycles. The zero-order valence-electron chi connectivity index (χ0n) is 9.82. The molecule has 0 radical (unpaired) electrons. The maximum atomic E-state index is 12.2. The van der Waals surface area contributed by atoms with E-state index < -0.39 is 0 Å². The summed E-state index contributed by atoms with van der Waals surface area (Å²) in [5.74, 6) is -0.154. The molecule has 1 rings (SSSR count). The van der Waals surface area contributed by atoms with Crippen molar-refractivity contribution in [3.63, 3.8) is 0 Å². The summed E-state index contributed by atoms with van der Waals surface area (Å²) in [6.45, 7) is 3.03. The summed E-state index contributed by atoms with van der Waals surface area (Å²) in [7, 11) is 0. The van der Waals surface area contributed by atoms with Crippen LogP contribution in [0.1, 0.15) is 23.7 Å². The number of rotatable bonds is 5. The molecule has 3 N–H and O–H groups in total. The SMILES string of the molecule is CCN(CCCO)C(=O)c1cc(N)ccc1Cl. The summed E-state index contributed by atoms with van der Waals surface area (Å²) >= 11 is 5.97. The third kappa shape index (κ3) is 3.61. The average molecular weight is 257 g/mol. The smallest absolute Gasteiger partial charge is 0.255 e. The first-order valence-corrected chi connectivity index (χ1v) is 5.93. The number of benzene rings is 1. The van der Waals surface area contributed by atoms with Gasteiger partial charge in [0, 0.05) is 25.4 Å². The number of hydrogen-bond donors (Lipinski definition) is 2. The number of aliphatic hydroxyl groups excluding tert-OH is 1. The fraction of sp³-hybridized carbons (Fsp3) is 0.417. The molecule has 0 aliphatic heterocycles. The monoisotopic (exact) mass is 256 g/mol. The Morgan fingerprint density at radius 2 is 2.24 bits per heavy atom. The van der Waals surface area contributed by atoms with Gasteiger partial charge in [0.05, 0.1) is 10.6 Å². The van der Waals surface area contributed by atoms with E-state index in [0.717, 1.165) is 0 Å². The quantitative estimate of drug-likeness (QED) is 0.789. The summed E-state index contributed by atoms with van der Waals surface area (Å²) in [5.41, 5.74) is 6.56. The minimum absolute atomic E-state index is 0.0639. The van der Waals surface area contributed by atoms with Crippen molar-refractivity contribution in [1.29, 1.82) is 0 Å². The molecule has 0 atom stereocenters. The van der Waals surface area contributed by atoms with Crippen molar-refractivity contribution in [3.8, 4) is 0 Å². The summed E-state index contributed by atoms with van der Waals surface area (Å²) in [4.78, 5) is 13.8. The zero-order chi connectivity index (χ0) is 12.8. The number of anilines is 1. The van der Waals surface area contributed by atoms with Crippen molar-refractivity contribution in [2.45, 2.75) is 13.3 Å². The number of hydrogen-bond acceptors (Lipinski definition) is 3. The fourth-order valence-corrected chi connectivity index (χ4v) is 1.74. The van der Waals surface area contributed by atoms with Crippen molar-refractivity contribution in [1.82, 2.24) is 4.90 Å². The molecule has 0 aliphatic carbocycles. The molecule has 1 aromatic rings. The average Bonchev–Trinajstić information content (AvgIpc) is 2.33. The Balaban J connectivity index is 2.89. The first-order chi connectivity index (χ1) is 8.10. The van der Waals surface area contributed by atoms with Crippen LogP contribution in [0.2, 0.25) is 5.02 Å². The third-order valence-corrected chi connectivity index (χ3v) is 2.81. The van der Waals surface area contributed by atoms with Gasteiger partial charge < -0.3 is 15.7 Å². The minimum atomic E-state index is -0.154. The Bertz CT molecular complexity index is 396. The fourth-order valence-electron chi connectivity index (χ4n) is 1.54. The number of amides is 1. The van der Waals surface area contributed by atoms with Crippen molar-refractivity contribution < 1.29 is 9.90 Å². The molecule has 5 heteroatoms. The van der Waals surface area contributed by atoms with E-state index in [-0.39, 0.29) is 12.5 Å². The Kier molecular flexibility index (Phi) is 5.25. The van der Waals surface area contributed by atoms with Crippen LogP contribution in [0.25, 0.3) is 0 Å². The van der Waals surface area contributed by atoms with E-state index in [0.29, 0.717) is 35.8 Å². The first kappa shape index (κ1) is 13.8. The lowest BCUT2D eigenvalue weighted by Gasteiger charge is -2.21. The van der Waals surface area contributed by atoms with E-state index in [1.807, 2.05) is 6.92 Å². The number of nitrogens with two attached hydrogens (primary N) is 1. The highest BCUT2D eigenvalue weighted by Crippen LogP contribution is 2.20. The molecule has 0 bridgehead atoms. The van der Waals surface area contributed by atoms with Gasteiger partial charge in [-0.25, -0.2) is 0 Å². The second-order valence-corrected chi connectivity index (χ2v) is 4.11. The topological polar surface area (TPSA) is 66.6 Å². The van der Waals surface area contributed by atoms with E-state index in [2.05, 4.69) is 0 Å². The Morgan fingerprint density at radius 1 is 1.53 bits per heavy atom. The molecule has 4 nitrogen and oxygen atoms in total. The molecule has 1 amide bonds. The number of carbonyl (C=O) groups is 1. The summed E-state index contributed by atoms with van der Waals surface area (Å²) in [6, 6.07) is 4.85. The number of aliphatic hydroxyl groups is 1. The summed E-state index contributed by atoms with van der Waals surface area (Å²) in [6.07, 6.45) is 0.555. The molecule has 0 saturated heterocycles. The molecular weight excluding hydrogens is 240 g/mol. The van der Waals surface area contributed by atoms with Gasteiger partial charge in [-0.05, 0) is 31.5 Å². The van der Waals surface area contributed by atoms with Crippen LogP contribution in [0.15, 0.2) is 18.2 Å². The predicted molar refractivity (Wildman–Crippen MR) is 69.1 cm³/mol. The molecule has 1 aromatic carbocycles. The van der Waals surface area contributed by atoms with E-state index >= 15 is 0 Å². The molecule has 0 aromatic heterocycles. The minimum Gasteiger partial charge on any atom is -0.399 e. The molecule has 17 heavy (non-hydrogen) atoms. The lowest BCUT2D eigenvalue weighted by atomic mass is 10.1. The predicted octanol–water partition coefficient (Wildman–Crippen LogP) is 1.77. The Morgan fingerprint density at radius 3 is 2.82 bits per heavy atom. The van der Waals surface area contributed by atoms with Gasteiger partial charge in [-0.3, -0.25) is 4.79 Å². The van der Waals surface area contributed by atoms with E-state index in [1.54, 1.807) is 23.1 Å². The maximum absolute atomic E-state index is 12.2. The molecule has 0 fully saturated rings. The van der Waals surface area contributed by atoms with E-state index in [1.165, 1.54) is 0 Å². The van der Waals surface area contributed by atoms with Gasteiger partial charge in [0.1, 0.15) is 0 Å². The van der Waals surface area contributed by atoms with Gasteiger partial charge >= 0.3 is 0 Å². The number of carbonyl (C=O) groups excluding carboxylic acids is 1. The lowest BCUT2D eigenvalue weighted by molar-refractivity contribution is 0.0754. The second kappa shape index (κ2) is 6.47. The van der Waals surface area contributed by atoms with Crippen LogP contribution in [0.3, 0.4) is 0 Å². The van der Waals surface area contributed by atoms with Gasteiger partial charge in [-0.15, -0.1) is 0 Å². The second-order valence-electron chi connectivity index (χ2n) is 3.70. The van der Waals surface area contributed by atoms with Gasteiger partial charge in [0.2, 0.25) is 0 Å². The van der Waals surface area contributed by atoms with Crippen LogP contribution in [0, 0.1) is 0 Å². The van der Waals surface area contributed by atoms with Crippen LogP contribution in [-0.2, 0) is 0 Å². The normalized spacial score (nSPS) is 10.3. The Hall–Kier alpha value is -1.26. The van der Waals surface area contributed by atoms with Crippen LogP contribution in [-0.4, -0.2) is 35.6 Å². The van der Waals surface area contributed by atoms with Gasteiger partial charge in [0.25, 0.3) is 5.91 Å². The van der Waals surface area contributed by atoms with Gasteiger partial charge in [-0.1, -0.05) is 11.6 Å². The zero-order valence-corrected chi connectivity index (χ0v) is 10.6. The highest BCUT2D eigenvalue weighted by molar-refractivity contribution is 6.34. The summed E-state index contributed by atoms with van der Waals surface area (Å²) in [5, 5.41) is 9.17. The third-order valence-electron chi connectivity index (χ3n) is 2.48. The Labute approximate surface area is 106 Å². The largest absolute Gasteiger partial charge is 0.399 e. The van der Waals surface area contributed by atoms with Gasteiger partial charge in [0.15, 0.2) is 0 Å². The van der Waals surface area contributed by atoms with Crippen molar-refractivity contribution in [2.24, 2.45) is 0 Å². The van der Waals surface area contributed by atoms with Crippen molar-refractivity contribution in [2.75, 3.05) is 25.4 Å². The standard InChI is InChI=1S/C12H17ClN2O2/c1-2-15(6-3-7-16)12(17)10-8-9(14)4-5-11(10)13/h4-5,8,16H,2-3,6-7,14H2,1H3. The van der Waals surface area contributed by atoms with Crippen LogP contribution >= 0.6 is 11.6 Å². The van der Waals surface area contributed by atoms with E-state index in [4.69, 9.17) is 22.4 Å². The summed E-state index contributed by atoms with van der Waals surface area (Å²) < 4.78 is 0. The molecule has 0 aliphatic rings. The van der Waals surface area contributed by atoms with Crippen molar-refractivity contribution >= 4 is 23.2 Å². The van der Waals surface area contributed by atoms with Crippen LogP contribution in [0.5, 0.6) is 0 Å². The molecule has 0 saturated carbocycles. The van der Waals surface area contributed by atoms with Gasteiger partial charge in [-0.2, -0.15) is 0 Å². The number of nitrogens with zero attached hydrogens (tertiary/aromatic N) is 1. The lowest BCUT2D eigenvalue weighted by Crippen LogP contribution is -2.32. The number of nitrogen functional groups attached to an aromatic ring is 1. The maximum Gasteiger partial charge on any atom is 0.255 e. The molecular formula is C12H17ClN2O2. The molecule has 0 unspecified atom stereocenters. The van der Waals surface area contributed by atoms with E-state index in [9.17, 15) is 4.79 Å². The van der Waals surface area contributed by atoms with Crippen LogP contribution in [0.4, 0.5) is 5.69 Å². The molecule has 94 valence electrons. The molecule has 0 spiro atoms. The number of halogens is 1. The first-order valence-electron chi connectivity index (χ1n) is 5.55. The van der Waals surface area contributed by atoms with Crippen molar-refractivity contribution in [3.05, 3.63) is 28.8 Å².